The second kappa shape index (κ2) is 5.14. The largest absolute Gasteiger partial charge is 0.497 e. The summed E-state index contributed by atoms with van der Waals surface area (Å²) < 4.78 is 4.99. The van der Waals surface area contributed by atoms with Gasteiger partial charge in [0.05, 0.1) is 12.0 Å². The highest BCUT2D eigenvalue weighted by molar-refractivity contribution is 5.52. The summed E-state index contributed by atoms with van der Waals surface area (Å²) in [5.41, 5.74) is 1.02. The SMILES string of the molecule is CC/C(=C/c1ccc(OC)cc1)[N+](=O)[O-]. The molecule has 0 aliphatic carbocycles. The maximum absolute atomic E-state index is 10.6. The van der Waals surface area contributed by atoms with Gasteiger partial charge in [-0.15, -0.1) is 0 Å². The van der Waals surface area contributed by atoms with Crippen molar-refractivity contribution in [3.63, 3.8) is 0 Å². The van der Waals surface area contributed by atoms with E-state index in [4.69, 9.17) is 4.74 Å². The van der Waals surface area contributed by atoms with Gasteiger partial charge < -0.3 is 4.74 Å². The van der Waals surface area contributed by atoms with Crippen LogP contribution in [0.25, 0.3) is 6.08 Å². The fourth-order valence-electron chi connectivity index (χ4n) is 1.18. The van der Waals surface area contributed by atoms with Crippen molar-refractivity contribution in [3.8, 4) is 5.75 Å². The van der Waals surface area contributed by atoms with Crippen molar-refractivity contribution in [2.45, 2.75) is 13.3 Å². The lowest BCUT2D eigenvalue weighted by Gasteiger charge is -1.99. The first-order chi connectivity index (χ1) is 7.17. The molecular formula is C11H13NO3. The Hall–Kier alpha value is -1.84. The number of ether oxygens (including phenoxy) is 1. The standard InChI is InChI=1S/C11H13NO3/c1-3-10(12(13)14)8-9-4-6-11(15-2)7-5-9/h4-8H,3H2,1-2H3/b10-8-. The van der Waals surface area contributed by atoms with Gasteiger partial charge >= 0.3 is 0 Å². The highest BCUT2D eigenvalue weighted by Gasteiger charge is 2.06. The summed E-state index contributed by atoms with van der Waals surface area (Å²) in [7, 11) is 1.58. The Morgan fingerprint density at radius 2 is 2.07 bits per heavy atom. The first-order valence-corrected chi connectivity index (χ1v) is 4.66. The van der Waals surface area contributed by atoms with Gasteiger partial charge in [-0.3, -0.25) is 10.1 Å². The number of methoxy groups -OCH3 is 1. The first kappa shape index (κ1) is 11.2. The minimum absolute atomic E-state index is 0.208. The zero-order valence-corrected chi connectivity index (χ0v) is 8.77. The molecule has 0 fully saturated rings. The summed E-state index contributed by atoms with van der Waals surface area (Å²) >= 11 is 0. The molecule has 0 aliphatic rings. The fraction of sp³-hybridized carbons (Fsp3) is 0.273. The van der Waals surface area contributed by atoms with Crippen LogP contribution in [0.15, 0.2) is 30.0 Å². The Labute approximate surface area is 88.3 Å². The molecule has 0 aromatic heterocycles. The molecule has 15 heavy (non-hydrogen) atoms. The zero-order chi connectivity index (χ0) is 11.3. The molecule has 80 valence electrons. The molecule has 0 heterocycles. The van der Waals surface area contributed by atoms with Crippen LogP contribution in [0, 0.1) is 10.1 Å². The van der Waals surface area contributed by atoms with E-state index in [0.717, 1.165) is 11.3 Å². The number of rotatable bonds is 4. The third kappa shape index (κ3) is 3.09. The van der Waals surface area contributed by atoms with Crippen LogP contribution in [0.5, 0.6) is 5.75 Å². The van der Waals surface area contributed by atoms with Gasteiger partial charge in [0.15, 0.2) is 0 Å². The van der Waals surface area contributed by atoms with E-state index in [1.165, 1.54) is 0 Å². The number of nitro groups is 1. The second-order valence-electron chi connectivity index (χ2n) is 3.02. The third-order valence-electron chi connectivity index (χ3n) is 2.05. The third-order valence-corrected chi connectivity index (χ3v) is 2.05. The number of nitrogens with zero attached hydrogens (tertiary/aromatic N) is 1. The van der Waals surface area contributed by atoms with E-state index in [-0.39, 0.29) is 10.6 Å². The summed E-state index contributed by atoms with van der Waals surface area (Å²) in [6.45, 7) is 1.76. The van der Waals surface area contributed by atoms with Crippen molar-refractivity contribution < 1.29 is 9.66 Å². The van der Waals surface area contributed by atoms with Gasteiger partial charge in [-0.25, -0.2) is 0 Å². The number of hydrogen-bond donors (Lipinski definition) is 0. The van der Waals surface area contributed by atoms with Crippen molar-refractivity contribution in [3.05, 3.63) is 45.6 Å². The molecule has 1 rings (SSSR count). The normalized spacial score (nSPS) is 11.2. The van der Waals surface area contributed by atoms with E-state index in [9.17, 15) is 10.1 Å². The molecule has 0 amide bonds. The molecule has 0 unspecified atom stereocenters. The lowest BCUT2D eigenvalue weighted by molar-refractivity contribution is -0.425. The molecule has 0 spiro atoms. The second-order valence-corrected chi connectivity index (χ2v) is 3.02. The van der Waals surface area contributed by atoms with Crippen LogP contribution in [0.2, 0.25) is 0 Å². The maximum Gasteiger partial charge on any atom is 0.246 e. The smallest absolute Gasteiger partial charge is 0.246 e. The molecule has 0 radical (unpaired) electrons. The van der Waals surface area contributed by atoms with E-state index in [2.05, 4.69) is 0 Å². The number of benzene rings is 1. The molecule has 0 N–H and O–H groups in total. The quantitative estimate of drug-likeness (QED) is 0.563. The van der Waals surface area contributed by atoms with E-state index < -0.39 is 0 Å². The van der Waals surface area contributed by atoms with Gasteiger partial charge in [-0.05, 0) is 17.7 Å². The molecule has 4 heteroatoms. The zero-order valence-electron chi connectivity index (χ0n) is 8.77. The van der Waals surface area contributed by atoms with E-state index in [0.29, 0.717) is 6.42 Å². The fourth-order valence-corrected chi connectivity index (χ4v) is 1.18. The van der Waals surface area contributed by atoms with Crippen molar-refractivity contribution in [1.82, 2.24) is 0 Å². The summed E-state index contributed by atoms with van der Waals surface area (Å²) in [5, 5.41) is 10.6. The van der Waals surface area contributed by atoms with Gasteiger partial charge in [0.25, 0.3) is 0 Å². The highest BCUT2D eigenvalue weighted by Crippen LogP contribution is 2.15. The van der Waals surface area contributed by atoms with E-state index in [1.807, 2.05) is 0 Å². The minimum atomic E-state index is -0.357. The molecule has 4 nitrogen and oxygen atoms in total. The first-order valence-electron chi connectivity index (χ1n) is 4.66. The predicted molar refractivity (Wildman–Crippen MR) is 58.3 cm³/mol. The van der Waals surface area contributed by atoms with Crippen LogP contribution in [-0.2, 0) is 0 Å². The van der Waals surface area contributed by atoms with Gasteiger partial charge in [-0.2, -0.15) is 0 Å². The summed E-state index contributed by atoms with van der Waals surface area (Å²) in [6, 6.07) is 7.13. The molecule has 0 saturated carbocycles. The number of hydrogen-bond acceptors (Lipinski definition) is 3. The van der Waals surface area contributed by atoms with Crippen LogP contribution in [0.4, 0.5) is 0 Å². The lowest BCUT2D eigenvalue weighted by Crippen LogP contribution is -1.96. The molecule has 0 atom stereocenters. The predicted octanol–water partition coefficient (Wildman–Crippen LogP) is 2.72. The Kier molecular flexibility index (Phi) is 3.85. The van der Waals surface area contributed by atoms with Crippen molar-refractivity contribution >= 4 is 6.08 Å². The lowest BCUT2D eigenvalue weighted by atomic mass is 10.1. The minimum Gasteiger partial charge on any atom is -0.497 e. The van der Waals surface area contributed by atoms with Crippen molar-refractivity contribution in [2.24, 2.45) is 0 Å². The Morgan fingerprint density at radius 1 is 1.47 bits per heavy atom. The van der Waals surface area contributed by atoms with E-state index in [1.54, 1.807) is 44.4 Å². The van der Waals surface area contributed by atoms with Crippen LogP contribution >= 0.6 is 0 Å². The molecule has 1 aromatic carbocycles. The Balaban J connectivity index is 2.92. The summed E-state index contributed by atoms with van der Waals surface area (Å²) in [5.74, 6) is 0.742. The highest BCUT2D eigenvalue weighted by atomic mass is 16.6. The van der Waals surface area contributed by atoms with Crippen LogP contribution in [-0.4, -0.2) is 12.0 Å². The van der Waals surface area contributed by atoms with Crippen molar-refractivity contribution in [1.29, 1.82) is 0 Å². The number of allylic oxidation sites excluding steroid dienone is 1. The summed E-state index contributed by atoms with van der Waals surface area (Å²) in [4.78, 5) is 10.2. The molecule has 0 saturated heterocycles. The van der Waals surface area contributed by atoms with Crippen LogP contribution < -0.4 is 4.74 Å². The topological polar surface area (TPSA) is 52.4 Å². The summed E-state index contributed by atoms with van der Waals surface area (Å²) in [6.07, 6.45) is 1.98. The van der Waals surface area contributed by atoms with E-state index >= 15 is 0 Å². The molecule has 0 bridgehead atoms. The van der Waals surface area contributed by atoms with Gasteiger partial charge in [0.2, 0.25) is 5.70 Å². The monoisotopic (exact) mass is 207 g/mol. The average molecular weight is 207 g/mol. The van der Waals surface area contributed by atoms with Crippen LogP contribution in [0.3, 0.4) is 0 Å². The molecule has 1 aromatic rings. The molecular weight excluding hydrogens is 194 g/mol. The van der Waals surface area contributed by atoms with Gasteiger partial charge in [0.1, 0.15) is 5.75 Å². The van der Waals surface area contributed by atoms with Crippen LogP contribution in [0.1, 0.15) is 18.9 Å². The maximum atomic E-state index is 10.6. The average Bonchev–Trinajstić information content (AvgIpc) is 2.26. The Bertz CT molecular complexity index is 368. The molecule has 0 aliphatic heterocycles. The van der Waals surface area contributed by atoms with Gasteiger partial charge in [0, 0.05) is 12.5 Å². The van der Waals surface area contributed by atoms with Gasteiger partial charge in [-0.1, -0.05) is 19.1 Å². The van der Waals surface area contributed by atoms with Crippen molar-refractivity contribution in [2.75, 3.05) is 7.11 Å². The Morgan fingerprint density at radius 3 is 2.47 bits per heavy atom.